The number of nitrogens with zero attached hydrogens (tertiary/aromatic N) is 1. The Labute approximate surface area is 130 Å². The Morgan fingerprint density at radius 2 is 1.82 bits per heavy atom. The van der Waals surface area contributed by atoms with Crippen molar-refractivity contribution in [2.75, 3.05) is 18.1 Å². The lowest BCUT2D eigenvalue weighted by Gasteiger charge is -2.34. The molecule has 0 bridgehead atoms. The third-order valence-corrected chi connectivity index (χ3v) is 4.60. The number of anilines is 1. The van der Waals surface area contributed by atoms with E-state index in [1.807, 2.05) is 35.2 Å². The summed E-state index contributed by atoms with van der Waals surface area (Å²) in [7, 11) is 0. The monoisotopic (exact) mass is 293 g/mol. The lowest BCUT2D eigenvalue weighted by molar-refractivity contribution is -0.123. The molecule has 0 fully saturated rings. The van der Waals surface area contributed by atoms with Crippen LogP contribution in [0.4, 0.5) is 5.69 Å². The molecule has 2 aromatic rings. The van der Waals surface area contributed by atoms with Crippen molar-refractivity contribution in [1.82, 2.24) is 0 Å². The molecule has 4 rings (SSSR count). The van der Waals surface area contributed by atoms with E-state index < -0.39 is 0 Å². The van der Waals surface area contributed by atoms with Crippen LogP contribution in [-0.4, -0.2) is 19.1 Å². The van der Waals surface area contributed by atoms with Gasteiger partial charge in [0.15, 0.2) is 0 Å². The highest BCUT2D eigenvalue weighted by molar-refractivity contribution is 5.96. The van der Waals surface area contributed by atoms with Crippen LogP contribution in [0.15, 0.2) is 48.5 Å². The van der Waals surface area contributed by atoms with Crippen LogP contribution in [-0.2, 0) is 17.6 Å². The van der Waals surface area contributed by atoms with E-state index in [0.717, 1.165) is 42.8 Å². The van der Waals surface area contributed by atoms with E-state index in [-0.39, 0.29) is 11.8 Å². The van der Waals surface area contributed by atoms with Gasteiger partial charge in [-0.05, 0) is 42.5 Å². The summed E-state index contributed by atoms with van der Waals surface area (Å²) in [6.07, 6.45) is 2.87. The molecule has 1 unspecified atom stereocenters. The fourth-order valence-corrected chi connectivity index (χ4v) is 3.47. The van der Waals surface area contributed by atoms with Gasteiger partial charge < -0.3 is 9.64 Å². The van der Waals surface area contributed by atoms with Crippen molar-refractivity contribution in [1.29, 1.82) is 0 Å². The summed E-state index contributed by atoms with van der Waals surface area (Å²) >= 11 is 0. The second-order valence-electron chi connectivity index (χ2n) is 6.04. The Kier molecular flexibility index (Phi) is 3.34. The molecule has 0 radical (unpaired) electrons. The van der Waals surface area contributed by atoms with Crippen molar-refractivity contribution >= 4 is 11.6 Å². The summed E-state index contributed by atoms with van der Waals surface area (Å²) in [6.45, 7) is 1.29. The molecular weight excluding hydrogens is 274 g/mol. The zero-order valence-corrected chi connectivity index (χ0v) is 12.5. The van der Waals surface area contributed by atoms with Crippen LogP contribution in [0.2, 0.25) is 0 Å². The van der Waals surface area contributed by atoms with Crippen molar-refractivity contribution in [3.8, 4) is 5.75 Å². The molecule has 1 amide bonds. The van der Waals surface area contributed by atoms with E-state index in [1.54, 1.807) is 0 Å². The van der Waals surface area contributed by atoms with Crippen molar-refractivity contribution in [3.63, 3.8) is 0 Å². The topological polar surface area (TPSA) is 29.5 Å². The van der Waals surface area contributed by atoms with Crippen molar-refractivity contribution in [2.45, 2.75) is 19.3 Å². The van der Waals surface area contributed by atoms with Gasteiger partial charge in [-0.15, -0.1) is 0 Å². The number of amides is 1. The van der Waals surface area contributed by atoms with Crippen LogP contribution in [0.1, 0.15) is 17.5 Å². The first-order valence-corrected chi connectivity index (χ1v) is 7.93. The normalized spacial score (nSPS) is 19.8. The Morgan fingerprint density at radius 3 is 2.73 bits per heavy atom. The van der Waals surface area contributed by atoms with E-state index in [0.29, 0.717) is 6.61 Å². The second kappa shape index (κ2) is 5.48. The summed E-state index contributed by atoms with van der Waals surface area (Å²) in [4.78, 5) is 14.9. The molecule has 3 nitrogen and oxygen atoms in total. The van der Waals surface area contributed by atoms with Crippen molar-refractivity contribution < 1.29 is 9.53 Å². The third-order valence-electron chi connectivity index (χ3n) is 4.60. The molecule has 2 heterocycles. The largest absolute Gasteiger partial charge is 0.492 e. The Balaban J connectivity index is 1.59. The first-order chi connectivity index (χ1) is 10.8. The summed E-state index contributed by atoms with van der Waals surface area (Å²) in [5, 5.41) is 0. The van der Waals surface area contributed by atoms with Gasteiger partial charge in [-0.2, -0.15) is 0 Å². The highest BCUT2D eigenvalue weighted by Gasteiger charge is 2.31. The van der Waals surface area contributed by atoms with Gasteiger partial charge in [0.05, 0.1) is 5.92 Å². The molecule has 0 aliphatic carbocycles. The molecule has 22 heavy (non-hydrogen) atoms. The van der Waals surface area contributed by atoms with Crippen LogP contribution >= 0.6 is 0 Å². The Morgan fingerprint density at radius 1 is 1.05 bits per heavy atom. The van der Waals surface area contributed by atoms with Gasteiger partial charge in [0.2, 0.25) is 5.91 Å². The Bertz CT molecular complexity index is 710. The minimum Gasteiger partial charge on any atom is -0.492 e. The van der Waals surface area contributed by atoms with Crippen LogP contribution in [0.3, 0.4) is 0 Å². The fraction of sp³-hybridized carbons (Fsp3) is 0.316. The zero-order valence-electron chi connectivity index (χ0n) is 12.5. The van der Waals surface area contributed by atoms with Gasteiger partial charge >= 0.3 is 0 Å². The van der Waals surface area contributed by atoms with Crippen molar-refractivity contribution in [3.05, 3.63) is 59.7 Å². The first kappa shape index (κ1) is 13.4. The predicted octanol–water partition coefficient (Wildman–Crippen LogP) is 3.22. The van der Waals surface area contributed by atoms with Crippen molar-refractivity contribution in [2.24, 2.45) is 5.92 Å². The number of benzene rings is 2. The predicted molar refractivity (Wildman–Crippen MR) is 86.2 cm³/mol. The van der Waals surface area contributed by atoms with Crippen LogP contribution in [0, 0.1) is 5.92 Å². The number of carbonyl (C=O) groups excluding carboxylic acids is 1. The molecule has 0 spiro atoms. The van der Waals surface area contributed by atoms with Gasteiger partial charge in [0.25, 0.3) is 0 Å². The molecule has 0 aromatic heterocycles. The molecule has 0 N–H and O–H groups in total. The van der Waals surface area contributed by atoms with E-state index in [1.165, 1.54) is 5.56 Å². The minimum absolute atomic E-state index is 0.0824. The summed E-state index contributed by atoms with van der Waals surface area (Å²) in [5.74, 6) is 1.04. The number of carbonyl (C=O) groups is 1. The smallest absolute Gasteiger partial charge is 0.233 e. The minimum atomic E-state index is -0.0824. The highest BCUT2D eigenvalue weighted by atomic mass is 16.5. The number of hydrogen-bond acceptors (Lipinski definition) is 2. The van der Waals surface area contributed by atoms with E-state index in [2.05, 4.69) is 18.2 Å². The molecule has 112 valence electrons. The number of fused-ring (bicyclic) bond motifs is 2. The maximum Gasteiger partial charge on any atom is 0.233 e. The van der Waals surface area contributed by atoms with Gasteiger partial charge in [-0.3, -0.25) is 4.79 Å². The lowest BCUT2D eigenvalue weighted by Crippen LogP contribution is -2.43. The van der Waals surface area contributed by atoms with Gasteiger partial charge in [0.1, 0.15) is 12.4 Å². The molecular formula is C19H19NO2. The standard InChI is InChI=1S/C19H19NO2/c21-19(16-12-15-7-2-4-10-18(15)22-13-16)20-11-5-8-14-6-1-3-9-17(14)20/h1-4,6-7,9-10,16H,5,8,11-13H2. The Hall–Kier alpha value is -2.29. The van der Waals surface area contributed by atoms with Crippen LogP contribution in [0.5, 0.6) is 5.75 Å². The van der Waals surface area contributed by atoms with Gasteiger partial charge in [-0.25, -0.2) is 0 Å². The maximum atomic E-state index is 13.0. The van der Waals surface area contributed by atoms with E-state index in [4.69, 9.17) is 4.74 Å². The molecule has 2 aliphatic rings. The zero-order chi connectivity index (χ0) is 14.9. The second-order valence-corrected chi connectivity index (χ2v) is 6.04. The van der Waals surface area contributed by atoms with Crippen LogP contribution < -0.4 is 9.64 Å². The van der Waals surface area contributed by atoms with Gasteiger partial charge in [0, 0.05) is 12.2 Å². The molecule has 3 heteroatoms. The summed E-state index contributed by atoms with van der Waals surface area (Å²) in [6, 6.07) is 16.3. The first-order valence-electron chi connectivity index (χ1n) is 7.93. The molecule has 1 atom stereocenters. The maximum absolute atomic E-state index is 13.0. The fourth-order valence-electron chi connectivity index (χ4n) is 3.47. The lowest BCUT2D eigenvalue weighted by atomic mass is 9.93. The third kappa shape index (κ3) is 2.27. The molecule has 0 saturated heterocycles. The van der Waals surface area contributed by atoms with E-state index >= 15 is 0 Å². The number of ether oxygens (including phenoxy) is 1. The summed E-state index contributed by atoms with van der Waals surface area (Å²) in [5.41, 5.74) is 3.49. The number of para-hydroxylation sites is 2. The van der Waals surface area contributed by atoms with Crippen LogP contribution in [0.25, 0.3) is 0 Å². The molecule has 2 aliphatic heterocycles. The molecule has 2 aromatic carbocycles. The quantitative estimate of drug-likeness (QED) is 0.808. The number of rotatable bonds is 1. The highest BCUT2D eigenvalue weighted by Crippen LogP contribution is 2.32. The molecule has 0 saturated carbocycles. The average Bonchev–Trinajstić information content (AvgIpc) is 2.60. The average molecular weight is 293 g/mol. The number of aryl methyl sites for hydroxylation is 1. The summed E-state index contributed by atoms with van der Waals surface area (Å²) < 4.78 is 5.79. The van der Waals surface area contributed by atoms with E-state index in [9.17, 15) is 4.79 Å². The number of hydrogen-bond donors (Lipinski definition) is 0. The van der Waals surface area contributed by atoms with Gasteiger partial charge in [-0.1, -0.05) is 36.4 Å². The SMILES string of the molecule is O=C(C1COc2ccccc2C1)N1CCCc2ccccc21.